The van der Waals surface area contributed by atoms with Gasteiger partial charge in [0.05, 0.1) is 5.69 Å². The number of aldehydes is 1. The van der Waals surface area contributed by atoms with E-state index >= 15 is 0 Å². The summed E-state index contributed by atoms with van der Waals surface area (Å²) in [5.41, 5.74) is 7.60. The fourth-order valence-electron chi connectivity index (χ4n) is 4.23. The third kappa shape index (κ3) is 3.66. The maximum Gasteiger partial charge on any atom is 0.148 e. The summed E-state index contributed by atoms with van der Waals surface area (Å²) in [6, 6.07) is 14.5. The highest BCUT2D eigenvalue weighted by Crippen LogP contribution is 2.34. The lowest BCUT2D eigenvalue weighted by Crippen LogP contribution is -2.26. The molecule has 31 heavy (non-hydrogen) atoms. The molecule has 0 bridgehead atoms. The molecule has 0 radical (unpaired) electrons. The lowest BCUT2D eigenvalue weighted by Gasteiger charge is -2.23. The van der Waals surface area contributed by atoms with Crippen LogP contribution >= 0.6 is 0 Å². The van der Waals surface area contributed by atoms with Gasteiger partial charge in [-0.05, 0) is 43.4 Å². The number of H-pyrrole nitrogens is 1. The van der Waals surface area contributed by atoms with Crippen LogP contribution < -0.4 is 5.32 Å². The molecule has 156 valence electrons. The Kier molecular flexibility index (Phi) is 4.92. The molecule has 0 amide bonds. The van der Waals surface area contributed by atoms with Gasteiger partial charge in [-0.3, -0.25) is 0 Å². The zero-order valence-corrected chi connectivity index (χ0v) is 17.7. The summed E-state index contributed by atoms with van der Waals surface area (Å²) in [4.78, 5) is 21.5. The molecule has 6 nitrogen and oxygen atoms in total. The van der Waals surface area contributed by atoms with Gasteiger partial charge in [0.1, 0.15) is 18.0 Å². The smallest absolute Gasteiger partial charge is 0.148 e. The van der Waals surface area contributed by atoms with Crippen LogP contribution in [0.2, 0.25) is 0 Å². The lowest BCUT2D eigenvalue weighted by atomic mass is 10.1. The van der Waals surface area contributed by atoms with Gasteiger partial charge >= 0.3 is 0 Å². The highest BCUT2D eigenvalue weighted by Gasteiger charge is 2.23. The maximum atomic E-state index is 11.7. The van der Waals surface area contributed by atoms with E-state index in [1.165, 1.54) is 11.1 Å². The first kappa shape index (κ1) is 19.3. The van der Waals surface area contributed by atoms with Crippen molar-refractivity contribution in [2.75, 3.05) is 14.1 Å². The Hall–Kier alpha value is -3.64. The van der Waals surface area contributed by atoms with Crippen LogP contribution in [0.4, 0.5) is 0 Å². The Bertz CT molecular complexity index is 1260. The second-order valence-corrected chi connectivity index (χ2v) is 8.27. The number of aromatic amines is 1. The molecule has 1 unspecified atom stereocenters. The second-order valence-electron chi connectivity index (χ2n) is 8.27. The van der Waals surface area contributed by atoms with E-state index in [0.717, 1.165) is 52.8 Å². The van der Waals surface area contributed by atoms with E-state index in [9.17, 15) is 4.79 Å². The van der Waals surface area contributed by atoms with Crippen LogP contribution in [0.25, 0.3) is 27.9 Å². The minimum atomic E-state index is -0.358. The van der Waals surface area contributed by atoms with Crippen molar-refractivity contribution in [2.45, 2.75) is 19.0 Å². The largest absolute Gasteiger partial charge is 0.375 e. The number of carbonyl (C=O) groups is 1. The first-order chi connectivity index (χ1) is 15.1. The molecule has 3 aromatic heterocycles. The van der Waals surface area contributed by atoms with Gasteiger partial charge in [-0.15, -0.1) is 0 Å². The molecule has 0 aliphatic carbocycles. The highest BCUT2D eigenvalue weighted by molar-refractivity contribution is 5.94. The summed E-state index contributed by atoms with van der Waals surface area (Å²) in [5, 5.41) is 4.32. The number of nitrogens with zero attached hydrogens (tertiary/aromatic N) is 3. The number of nitrogens with one attached hydrogen (secondary N) is 2. The van der Waals surface area contributed by atoms with Crippen molar-refractivity contribution in [3.05, 3.63) is 84.1 Å². The SMILES string of the molecule is CN(C)Cc1ccc(CC2=CNC(C=O)c3cc(-c4c[nH]c5ncccc45)cn32)cc1. The van der Waals surface area contributed by atoms with Gasteiger partial charge < -0.3 is 24.6 Å². The average Bonchev–Trinajstić information content (AvgIpc) is 3.39. The zero-order valence-electron chi connectivity index (χ0n) is 17.7. The van der Waals surface area contributed by atoms with E-state index in [1.807, 2.05) is 18.5 Å². The molecule has 1 aliphatic rings. The van der Waals surface area contributed by atoms with Crippen molar-refractivity contribution in [1.82, 2.24) is 24.8 Å². The number of hydrogen-bond acceptors (Lipinski definition) is 4. The Morgan fingerprint density at radius 1 is 1.16 bits per heavy atom. The van der Waals surface area contributed by atoms with Gasteiger partial charge in [-0.25, -0.2) is 4.98 Å². The minimum Gasteiger partial charge on any atom is -0.375 e. The van der Waals surface area contributed by atoms with Gasteiger partial charge in [0, 0.05) is 60.0 Å². The standard InChI is InChI=1S/C25H25N5O/c1-29(2)14-18-7-5-17(6-8-18)10-20-12-27-23(16-31)24-11-19(15-30(20)24)22-13-28-25-21(22)4-3-9-26-25/h3-9,11-13,15-16,23,27H,10,14H2,1-2H3,(H,26,28). The van der Waals surface area contributed by atoms with Gasteiger partial charge in [-0.1, -0.05) is 24.3 Å². The number of aromatic nitrogens is 3. The zero-order chi connectivity index (χ0) is 21.4. The molecule has 6 heteroatoms. The fourth-order valence-corrected chi connectivity index (χ4v) is 4.23. The van der Waals surface area contributed by atoms with E-state index in [-0.39, 0.29) is 6.04 Å². The Morgan fingerprint density at radius 2 is 1.97 bits per heavy atom. The average molecular weight is 412 g/mol. The Balaban J connectivity index is 1.48. The van der Waals surface area contributed by atoms with Gasteiger partial charge in [-0.2, -0.15) is 0 Å². The first-order valence-electron chi connectivity index (χ1n) is 10.4. The summed E-state index contributed by atoms with van der Waals surface area (Å²) in [6.45, 7) is 0.927. The van der Waals surface area contributed by atoms with Crippen molar-refractivity contribution in [1.29, 1.82) is 0 Å². The molecule has 0 spiro atoms. The quantitative estimate of drug-likeness (QED) is 0.471. The third-order valence-corrected chi connectivity index (χ3v) is 5.71. The number of benzene rings is 1. The number of hydrogen-bond donors (Lipinski definition) is 2. The van der Waals surface area contributed by atoms with E-state index in [1.54, 1.807) is 6.20 Å². The molecule has 1 aromatic carbocycles. The van der Waals surface area contributed by atoms with E-state index in [4.69, 9.17) is 0 Å². The summed E-state index contributed by atoms with van der Waals surface area (Å²) in [6.07, 6.45) is 9.57. The lowest BCUT2D eigenvalue weighted by molar-refractivity contribution is -0.109. The summed E-state index contributed by atoms with van der Waals surface area (Å²) in [5.74, 6) is 0. The Morgan fingerprint density at radius 3 is 2.74 bits per heavy atom. The molecule has 4 aromatic rings. The van der Waals surface area contributed by atoms with E-state index in [2.05, 4.69) is 81.4 Å². The molecule has 2 N–H and O–H groups in total. The monoisotopic (exact) mass is 411 g/mol. The Labute approximate surface area is 181 Å². The summed E-state index contributed by atoms with van der Waals surface area (Å²) in [7, 11) is 4.15. The molecule has 5 rings (SSSR count). The molecular formula is C25H25N5O. The van der Waals surface area contributed by atoms with Crippen LogP contribution in [-0.4, -0.2) is 39.8 Å². The first-order valence-corrected chi connectivity index (χ1v) is 10.4. The molecule has 0 fully saturated rings. The van der Waals surface area contributed by atoms with Crippen molar-refractivity contribution in [3.63, 3.8) is 0 Å². The number of carbonyl (C=O) groups excluding carboxylic acids is 1. The minimum absolute atomic E-state index is 0.358. The molecule has 4 heterocycles. The highest BCUT2D eigenvalue weighted by atomic mass is 16.1. The second kappa shape index (κ2) is 7.89. The van der Waals surface area contributed by atoms with Gasteiger partial charge in [0.25, 0.3) is 0 Å². The van der Waals surface area contributed by atoms with Crippen LogP contribution in [0.1, 0.15) is 22.9 Å². The number of rotatable bonds is 6. The van der Waals surface area contributed by atoms with Crippen LogP contribution in [0.3, 0.4) is 0 Å². The molecule has 1 aliphatic heterocycles. The van der Waals surface area contributed by atoms with Crippen molar-refractivity contribution < 1.29 is 4.79 Å². The third-order valence-electron chi connectivity index (χ3n) is 5.71. The number of pyridine rings is 1. The van der Waals surface area contributed by atoms with Crippen LogP contribution in [0.5, 0.6) is 0 Å². The van der Waals surface area contributed by atoms with Crippen molar-refractivity contribution in [3.8, 4) is 11.1 Å². The van der Waals surface area contributed by atoms with E-state index < -0.39 is 0 Å². The normalized spacial score (nSPS) is 15.6. The predicted molar refractivity (Wildman–Crippen MR) is 123 cm³/mol. The van der Waals surface area contributed by atoms with Crippen LogP contribution in [-0.2, 0) is 17.8 Å². The summed E-state index contributed by atoms with van der Waals surface area (Å²) >= 11 is 0. The molecule has 0 saturated heterocycles. The molecular weight excluding hydrogens is 386 g/mol. The predicted octanol–water partition coefficient (Wildman–Crippen LogP) is 3.98. The van der Waals surface area contributed by atoms with Gasteiger partial charge in [0.2, 0.25) is 0 Å². The van der Waals surface area contributed by atoms with Crippen LogP contribution in [0.15, 0.2) is 67.3 Å². The van der Waals surface area contributed by atoms with Gasteiger partial charge in [0.15, 0.2) is 0 Å². The number of fused-ring (bicyclic) bond motifs is 2. The van der Waals surface area contributed by atoms with Crippen LogP contribution in [0, 0.1) is 0 Å². The van der Waals surface area contributed by atoms with Crippen molar-refractivity contribution >= 4 is 23.0 Å². The topological polar surface area (TPSA) is 66.0 Å². The number of allylic oxidation sites excluding steroid dienone is 1. The molecule has 0 saturated carbocycles. The fraction of sp³-hybridized carbons (Fsp3) is 0.200. The summed E-state index contributed by atoms with van der Waals surface area (Å²) < 4.78 is 2.15. The molecule has 1 atom stereocenters. The van der Waals surface area contributed by atoms with Crippen molar-refractivity contribution in [2.24, 2.45) is 0 Å². The van der Waals surface area contributed by atoms with E-state index in [0.29, 0.717) is 0 Å². The maximum absolute atomic E-state index is 11.7.